The third-order valence-electron chi connectivity index (χ3n) is 6.85. The molecule has 11 heteroatoms. The first-order chi connectivity index (χ1) is 16.8. The third-order valence-corrected chi connectivity index (χ3v) is 9.60. The van der Waals surface area contributed by atoms with Crippen molar-refractivity contribution in [3.63, 3.8) is 0 Å². The van der Waals surface area contributed by atoms with Crippen LogP contribution in [0.2, 0.25) is 5.15 Å². The molecule has 2 aromatic carbocycles. The van der Waals surface area contributed by atoms with Crippen LogP contribution in [0.1, 0.15) is 43.7 Å². The van der Waals surface area contributed by atoms with Crippen molar-refractivity contribution in [3.05, 3.63) is 76.8 Å². The summed E-state index contributed by atoms with van der Waals surface area (Å²) in [6.07, 6.45) is -1.39. The monoisotopic (exact) mass is 542 g/mol. The summed E-state index contributed by atoms with van der Waals surface area (Å²) in [6, 6.07) is 9.01. The molecule has 1 aliphatic carbocycles. The van der Waals surface area contributed by atoms with Gasteiger partial charge in [-0.05, 0) is 67.8 Å². The summed E-state index contributed by atoms with van der Waals surface area (Å²) < 4.78 is 79.6. The highest BCUT2D eigenvalue weighted by Gasteiger charge is 2.50. The summed E-state index contributed by atoms with van der Waals surface area (Å²) in [7, 11) is -3.86. The molecule has 0 unspecified atom stereocenters. The Balaban J connectivity index is 1.49. The van der Waals surface area contributed by atoms with Gasteiger partial charge >= 0.3 is 6.18 Å². The average Bonchev–Trinajstić information content (AvgIpc) is 3.41. The Morgan fingerprint density at radius 3 is 2.39 bits per heavy atom. The number of sulfone groups is 1. The van der Waals surface area contributed by atoms with E-state index in [4.69, 9.17) is 11.6 Å². The van der Waals surface area contributed by atoms with E-state index in [0.29, 0.717) is 30.5 Å². The van der Waals surface area contributed by atoms with Crippen LogP contribution in [-0.4, -0.2) is 29.2 Å². The fraction of sp³-hybridized carbons (Fsp3) is 0.360. The van der Waals surface area contributed by atoms with E-state index < -0.39 is 38.1 Å². The second-order valence-electron chi connectivity index (χ2n) is 9.15. The van der Waals surface area contributed by atoms with Crippen LogP contribution in [0.3, 0.4) is 0 Å². The smallest absolute Gasteiger partial charge is 0.299 e. The molecule has 1 saturated carbocycles. The number of aryl methyl sites for hydroxylation is 1. The summed E-state index contributed by atoms with van der Waals surface area (Å²) in [5, 5.41) is 3.31. The maximum Gasteiger partial charge on any atom is 0.416 e. The highest BCUT2D eigenvalue weighted by Crippen LogP contribution is 2.45. The van der Waals surface area contributed by atoms with Crippen LogP contribution in [0, 0.1) is 11.2 Å². The SMILES string of the molecule is C[C@@]1(C(=O)CCc2cn(-c3ccc(C(F)(F)F)cc3)nc2Cl)CCC[C@@H]1S(=O)(=O)c1ccc(F)cc1. The number of aromatic nitrogens is 2. The normalized spacial score (nSPS) is 20.6. The number of ketones is 1. The average molecular weight is 543 g/mol. The third kappa shape index (κ3) is 5.06. The number of hydrogen-bond acceptors (Lipinski definition) is 4. The molecule has 192 valence electrons. The van der Waals surface area contributed by atoms with Crippen molar-refractivity contribution in [1.29, 1.82) is 0 Å². The maximum absolute atomic E-state index is 13.3. The van der Waals surface area contributed by atoms with Crippen molar-refractivity contribution in [2.24, 2.45) is 5.41 Å². The molecule has 4 rings (SSSR count). The Hall–Kier alpha value is -2.72. The molecule has 5 nitrogen and oxygen atoms in total. The van der Waals surface area contributed by atoms with Gasteiger partial charge in [0.25, 0.3) is 0 Å². The van der Waals surface area contributed by atoms with Crippen LogP contribution < -0.4 is 0 Å². The lowest BCUT2D eigenvalue weighted by atomic mass is 9.81. The van der Waals surface area contributed by atoms with Crippen molar-refractivity contribution in [3.8, 4) is 5.69 Å². The van der Waals surface area contributed by atoms with E-state index in [1.165, 1.54) is 28.9 Å². The van der Waals surface area contributed by atoms with Crippen LogP contribution in [-0.2, 0) is 27.2 Å². The zero-order valence-corrected chi connectivity index (χ0v) is 20.8. The molecule has 0 spiro atoms. The number of hydrogen-bond donors (Lipinski definition) is 0. The summed E-state index contributed by atoms with van der Waals surface area (Å²) in [5.41, 5.74) is -1.01. The molecule has 36 heavy (non-hydrogen) atoms. The predicted molar refractivity (Wildman–Crippen MR) is 126 cm³/mol. The number of halogens is 5. The van der Waals surface area contributed by atoms with Gasteiger partial charge in [0.2, 0.25) is 0 Å². The lowest BCUT2D eigenvalue weighted by Gasteiger charge is -2.30. The van der Waals surface area contributed by atoms with E-state index in [1.54, 1.807) is 13.1 Å². The Morgan fingerprint density at radius 1 is 1.14 bits per heavy atom. The van der Waals surface area contributed by atoms with Crippen molar-refractivity contribution in [2.75, 3.05) is 0 Å². The van der Waals surface area contributed by atoms with Crippen LogP contribution in [0.4, 0.5) is 17.6 Å². The van der Waals surface area contributed by atoms with E-state index >= 15 is 0 Å². The van der Waals surface area contributed by atoms with Gasteiger partial charge in [-0.3, -0.25) is 4.79 Å². The van der Waals surface area contributed by atoms with E-state index in [-0.39, 0.29) is 28.7 Å². The lowest BCUT2D eigenvalue weighted by molar-refractivity contribution is -0.137. The summed E-state index contributed by atoms with van der Waals surface area (Å²) in [5.74, 6) is -0.776. The standard InChI is InChI=1S/C25H23ClF4N2O3S/c1-24(14-2-3-22(24)36(34,35)20-11-7-18(27)8-12-20)21(33)13-4-16-15-32(31-23(16)26)19-9-5-17(6-10-19)25(28,29)30/h5-12,15,22H,2-4,13-14H2,1H3/t22-,24-/m0/s1. The topological polar surface area (TPSA) is 69.0 Å². The fourth-order valence-corrected chi connectivity index (χ4v) is 7.24. The molecule has 0 radical (unpaired) electrons. The second kappa shape index (κ2) is 9.63. The van der Waals surface area contributed by atoms with Gasteiger partial charge in [-0.1, -0.05) is 24.9 Å². The largest absolute Gasteiger partial charge is 0.416 e. The van der Waals surface area contributed by atoms with Gasteiger partial charge < -0.3 is 0 Å². The highest BCUT2D eigenvalue weighted by molar-refractivity contribution is 7.92. The van der Waals surface area contributed by atoms with Gasteiger partial charge in [-0.2, -0.15) is 18.3 Å². The number of carbonyl (C=O) groups excluding carboxylic acids is 1. The second-order valence-corrected chi connectivity index (χ2v) is 11.6. The molecule has 0 aliphatic heterocycles. The molecule has 0 amide bonds. The van der Waals surface area contributed by atoms with Gasteiger partial charge in [-0.15, -0.1) is 0 Å². The van der Waals surface area contributed by atoms with Crippen LogP contribution >= 0.6 is 11.6 Å². The minimum absolute atomic E-state index is 0.0179. The van der Waals surface area contributed by atoms with E-state index in [1.807, 2.05) is 0 Å². The number of alkyl halides is 3. The Kier molecular flexibility index (Phi) is 7.04. The molecule has 1 heterocycles. The Morgan fingerprint density at radius 2 is 1.78 bits per heavy atom. The van der Waals surface area contributed by atoms with Crippen molar-refractivity contribution in [2.45, 2.75) is 55.3 Å². The Labute approximate surface area is 211 Å². The highest BCUT2D eigenvalue weighted by atomic mass is 35.5. The number of nitrogens with zero attached hydrogens (tertiary/aromatic N) is 2. The first-order valence-corrected chi connectivity index (χ1v) is 13.2. The minimum Gasteiger partial charge on any atom is -0.299 e. The van der Waals surface area contributed by atoms with Crippen molar-refractivity contribution in [1.82, 2.24) is 9.78 Å². The van der Waals surface area contributed by atoms with Crippen LogP contribution in [0.15, 0.2) is 59.6 Å². The number of rotatable bonds is 7. The minimum atomic E-state index is -4.45. The molecule has 1 aromatic heterocycles. The van der Waals surface area contributed by atoms with Crippen molar-refractivity contribution >= 4 is 27.2 Å². The van der Waals surface area contributed by atoms with Crippen molar-refractivity contribution < 1.29 is 30.8 Å². The predicted octanol–water partition coefficient (Wildman–Crippen LogP) is 6.22. The van der Waals surface area contributed by atoms with Gasteiger partial charge in [-0.25, -0.2) is 17.5 Å². The molecular weight excluding hydrogens is 520 g/mol. The molecular formula is C25H23ClF4N2O3S. The first kappa shape index (κ1) is 26.3. The molecule has 3 aromatic rings. The van der Waals surface area contributed by atoms with Gasteiger partial charge in [0.15, 0.2) is 15.0 Å². The van der Waals surface area contributed by atoms with Crippen LogP contribution in [0.5, 0.6) is 0 Å². The van der Waals surface area contributed by atoms with Gasteiger partial charge in [0.05, 0.1) is 21.4 Å². The van der Waals surface area contributed by atoms with E-state index in [2.05, 4.69) is 5.10 Å². The summed E-state index contributed by atoms with van der Waals surface area (Å²) in [4.78, 5) is 13.3. The zero-order valence-electron chi connectivity index (χ0n) is 19.2. The fourth-order valence-electron chi connectivity index (χ4n) is 4.76. The molecule has 0 bridgehead atoms. The molecule has 0 saturated heterocycles. The quantitative estimate of drug-likeness (QED) is 0.263. The number of benzene rings is 2. The van der Waals surface area contributed by atoms with E-state index in [0.717, 1.165) is 24.3 Å². The first-order valence-electron chi connectivity index (χ1n) is 11.3. The zero-order chi connectivity index (χ0) is 26.3. The molecule has 1 fully saturated rings. The summed E-state index contributed by atoms with van der Waals surface area (Å²) in [6.45, 7) is 1.65. The van der Waals surface area contributed by atoms with E-state index in [9.17, 15) is 30.8 Å². The van der Waals surface area contributed by atoms with Crippen LogP contribution in [0.25, 0.3) is 5.69 Å². The maximum atomic E-state index is 13.3. The molecule has 0 N–H and O–H groups in total. The lowest BCUT2D eigenvalue weighted by Crippen LogP contribution is -2.40. The Bertz CT molecular complexity index is 1370. The molecule has 2 atom stereocenters. The van der Waals surface area contributed by atoms with Gasteiger partial charge in [0.1, 0.15) is 11.6 Å². The molecule has 1 aliphatic rings. The van der Waals surface area contributed by atoms with Gasteiger partial charge in [0, 0.05) is 23.6 Å². The number of Topliss-reactive ketones (excluding diaryl/α,β-unsaturated/α-hetero) is 1. The summed E-state index contributed by atoms with van der Waals surface area (Å²) >= 11 is 6.22. The number of carbonyl (C=O) groups is 1.